The second-order valence-corrected chi connectivity index (χ2v) is 7.29. The predicted molar refractivity (Wildman–Crippen MR) is 101 cm³/mol. The molecule has 5 nitrogen and oxygen atoms in total. The quantitative estimate of drug-likeness (QED) is 0.641. The van der Waals surface area contributed by atoms with Gasteiger partial charge in [-0.15, -0.1) is 10.2 Å². The standard InChI is InChI=1S/C19H18Cl2N4O/c20-16-2-1-13(11-17(16)21)12-25-9-5-15(6-10-25)19-24-23-18(26-19)14-3-7-22-8-4-14/h1-4,7-8,11,15H,5-6,9-10,12H2. The molecule has 7 heteroatoms. The fourth-order valence-electron chi connectivity index (χ4n) is 3.24. The van der Waals surface area contributed by atoms with Gasteiger partial charge in [-0.25, -0.2) is 0 Å². The lowest BCUT2D eigenvalue weighted by molar-refractivity contribution is 0.193. The minimum Gasteiger partial charge on any atom is -0.420 e. The Morgan fingerprint density at radius 1 is 1.00 bits per heavy atom. The van der Waals surface area contributed by atoms with Gasteiger partial charge in [0.2, 0.25) is 11.8 Å². The minimum atomic E-state index is 0.308. The first-order chi connectivity index (χ1) is 12.7. The Labute approximate surface area is 162 Å². The summed E-state index contributed by atoms with van der Waals surface area (Å²) in [5.74, 6) is 1.59. The number of hydrogen-bond acceptors (Lipinski definition) is 5. The molecule has 3 aromatic rings. The molecule has 1 aliphatic heterocycles. The highest BCUT2D eigenvalue weighted by Gasteiger charge is 2.25. The molecule has 0 radical (unpaired) electrons. The summed E-state index contributed by atoms with van der Waals surface area (Å²) in [6.45, 7) is 2.84. The van der Waals surface area contributed by atoms with E-state index in [1.165, 1.54) is 5.56 Å². The van der Waals surface area contributed by atoms with Crippen LogP contribution < -0.4 is 0 Å². The van der Waals surface area contributed by atoms with Crippen LogP contribution in [-0.2, 0) is 6.54 Å². The number of pyridine rings is 1. The molecule has 134 valence electrons. The molecule has 1 aliphatic rings. The van der Waals surface area contributed by atoms with Gasteiger partial charge in [0.1, 0.15) is 0 Å². The summed E-state index contributed by atoms with van der Waals surface area (Å²) >= 11 is 12.1. The van der Waals surface area contributed by atoms with Gasteiger partial charge in [-0.05, 0) is 55.8 Å². The van der Waals surface area contributed by atoms with E-state index in [4.69, 9.17) is 27.6 Å². The number of piperidine rings is 1. The van der Waals surface area contributed by atoms with E-state index in [0.717, 1.165) is 43.9 Å². The Bertz CT molecular complexity index is 876. The van der Waals surface area contributed by atoms with E-state index in [0.29, 0.717) is 21.9 Å². The average Bonchev–Trinajstić information content (AvgIpc) is 3.16. The van der Waals surface area contributed by atoms with Gasteiger partial charge in [0.05, 0.1) is 10.0 Å². The van der Waals surface area contributed by atoms with E-state index in [1.807, 2.05) is 30.3 Å². The molecule has 0 bridgehead atoms. The van der Waals surface area contributed by atoms with E-state index < -0.39 is 0 Å². The van der Waals surface area contributed by atoms with Crippen molar-refractivity contribution in [1.82, 2.24) is 20.1 Å². The highest BCUT2D eigenvalue weighted by Crippen LogP contribution is 2.30. The van der Waals surface area contributed by atoms with Gasteiger partial charge in [0.25, 0.3) is 0 Å². The Morgan fingerprint density at radius 3 is 2.50 bits per heavy atom. The molecule has 0 saturated carbocycles. The average molecular weight is 389 g/mol. The van der Waals surface area contributed by atoms with Crippen molar-refractivity contribution in [3.8, 4) is 11.5 Å². The molecular formula is C19H18Cl2N4O. The lowest BCUT2D eigenvalue weighted by atomic mass is 9.96. The van der Waals surface area contributed by atoms with Gasteiger partial charge in [0, 0.05) is 30.4 Å². The van der Waals surface area contributed by atoms with Gasteiger partial charge >= 0.3 is 0 Å². The third-order valence-corrected chi connectivity index (χ3v) is 5.43. The Balaban J connectivity index is 1.36. The van der Waals surface area contributed by atoms with Gasteiger partial charge in [0.15, 0.2) is 0 Å². The lowest BCUT2D eigenvalue weighted by Crippen LogP contribution is -2.32. The normalized spacial score (nSPS) is 16.1. The maximum atomic E-state index is 6.11. The summed E-state index contributed by atoms with van der Waals surface area (Å²) in [5, 5.41) is 9.64. The largest absolute Gasteiger partial charge is 0.420 e. The van der Waals surface area contributed by atoms with Crippen molar-refractivity contribution in [2.24, 2.45) is 0 Å². The third-order valence-electron chi connectivity index (χ3n) is 4.69. The lowest BCUT2D eigenvalue weighted by Gasteiger charge is -2.30. The van der Waals surface area contributed by atoms with Crippen LogP contribution in [0.4, 0.5) is 0 Å². The Kier molecular flexibility index (Phi) is 5.20. The van der Waals surface area contributed by atoms with Crippen LogP contribution in [0.1, 0.15) is 30.2 Å². The number of aromatic nitrogens is 3. The summed E-state index contributed by atoms with van der Waals surface area (Å²) in [6, 6.07) is 9.56. The summed E-state index contributed by atoms with van der Waals surface area (Å²) in [4.78, 5) is 6.42. The van der Waals surface area contributed by atoms with Gasteiger partial charge in [-0.2, -0.15) is 0 Å². The molecule has 1 saturated heterocycles. The van der Waals surface area contributed by atoms with Crippen LogP contribution in [0.15, 0.2) is 47.1 Å². The molecule has 2 aromatic heterocycles. The van der Waals surface area contributed by atoms with Crippen LogP contribution in [0.25, 0.3) is 11.5 Å². The van der Waals surface area contributed by atoms with Crippen molar-refractivity contribution >= 4 is 23.2 Å². The van der Waals surface area contributed by atoms with Gasteiger partial charge in [-0.1, -0.05) is 29.3 Å². The van der Waals surface area contributed by atoms with E-state index >= 15 is 0 Å². The summed E-state index contributed by atoms with van der Waals surface area (Å²) in [5.41, 5.74) is 2.08. The van der Waals surface area contributed by atoms with Crippen LogP contribution in [0, 0.1) is 0 Å². The monoisotopic (exact) mass is 388 g/mol. The zero-order chi connectivity index (χ0) is 17.9. The molecule has 1 fully saturated rings. The maximum absolute atomic E-state index is 6.11. The summed E-state index contributed by atoms with van der Waals surface area (Å²) in [7, 11) is 0. The number of halogens is 2. The van der Waals surface area contributed by atoms with E-state index in [9.17, 15) is 0 Å². The molecule has 0 aliphatic carbocycles. The molecule has 26 heavy (non-hydrogen) atoms. The first kappa shape index (κ1) is 17.5. The van der Waals surface area contributed by atoms with E-state index in [1.54, 1.807) is 12.4 Å². The van der Waals surface area contributed by atoms with Crippen LogP contribution in [-0.4, -0.2) is 33.2 Å². The van der Waals surface area contributed by atoms with Crippen molar-refractivity contribution in [3.63, 3.8) is 0 Å². The van der Waals surface area contributed by atoms with Crippen molar-refractivity contribution in [1.29, 1.82) is 0 Å². The topological polar surface area (TPSA) is 55.1 Å². The highest BCUT2D eigenvalue weighted by molar-refractivity contribution is 6.42. The minimum absolute atomic E-state index is 0.308. The predicted octanol–water partition coefficient (Wildman–Crippen LogP) is 4.82. The molecule has 1 aromatic carbocycles. The number of rotatable bonds is 4. The van der Waals surface area contributed by atoms with Gasteiger partial charge < -0.3 is 4.42 Å². The van der Waals surface area contributed by atoms with E-state index in [-0.39, 0.29) is 0 Å². The van der Waals surface area contributed by atoms with Crippen molar-refractivity contribution in [2.45, 2.75) is 25.3 Å². The van der Waals surface area contributed by atoms with Crippen LogP contribution in [0.2, 0.25) is 10.0 Å². The summed E-state index contributed by atoms with van der Waals surface area (Å²) < 4.78 is 5.89. The molecular weight excluding hydrogens is 371 g/mol. The van der Waals surface area contributed by atoms with Crippen molar-refractivity contribution in [2.75, 3.05) is 13.1 Å². The zero-order valence-corrected chi connectivity index (χ0v) is 15.6. The Hall–Kier alpha value is -1.95. The third kappa shape index (κ3) is 3.90. The number of likely N-dealkylation sites (tertiary alicyclic amines) is 1. The molecule has 0 amide bonds. The number of hydrogen-bond donors (Lipinski definition) is 0. The van der Waals surface area contributed by atoms with E-state index in [2.05, 4.69) is 20.1 Å². The zero-order valence-electron chi connectivity index (χ0n) is 14.1. The first-order valence-corrected chi connectivity index (χ1v) is 9.35. The maximum Gasteiger partial charge on any atom is 0.247 e. The number of nitrogens with zero attached hydrogens (tertiary/aromatic N) is 4. The van der Waals surface area contributed by atoms with Crippen LogP contribution in [0.3, 0.4) is 0 Å². The summed E-state index contributed by atoms with van der Waals surface area (Å²) in [6.07, 6.45) is 5.44. The van der Waals surface area contributed by atoms with Crippen LogP contribution in [0.5, 0.6) is 0 Å². The first-order valence-electron chi connectivity index (χ1n) is 8.59. The molecule has 4 rings (SSSR count). The molecule has 3 heterocycles. The second kappa shape index (κ2) is 7.74. The number of benzene rings is 1. The molecule has 0 spiro atoms. The molecule has 0 atom stereocenters. The highest BCUT2D eigenvalue weighted by atomic mass is 35.5. The van der Waals surface area contributed by atoms with Gasteiger partial charge in [-0.3, -0.25) is 9.88 Å². The molecule has 0 unspecified atom stereocenters. The fourth-order valence-corrected chi connectivity index (χ4v) is 3.57. The molecule has 0 N–H and O–H groups in total. The van der Waals surface area contributed by atoms with Crippen LogP contribution >= 0.6 is 23.2 Å². The SMILES string of the molecule is Clc1ccc(CN2CCC(c3nnc(-c4ccncc4)o3)CC2)cc1Cl. The van der Waals surface area contributed by atoms with Crippen molar-refractivity contribution < 1.29 is 4.42 Å². The van der Waals surface area contributed by atoms with Crippen molar-refractivity contribution in [3.05, 3.63) is 64.2 Å². The second-order valence-electron chi connectivity index (χ2n) is 6.48. The smallest absolute Gasteiger partial charge is 0.247 e. The fraction of sp³-hybridized carbons (Fsp3) is 0.316. The Morgan fingerprint density at radius 2 is 1.77 bits per heavy atom.